The largest absolute Gasteiger partial charge is 0.355 e. The van der Waals surface area contributed by atoms with E-state index >= 15 is 0 Å². The predicted molar refractivity (Wildman–Crippen MR) is 97.8 cm³/mol. The van der Waals surface area contributed by atoms with Crippen molar-refractivity contribution < 1.29 is 9.59 Å². The number of aryl methyl sites for hydroxylation is 2. The number of hydrogen-bond donors (Lipinski definition) is 2. The molecule has 7 nitrogen and oxygen atoms in total. The minimum absolute atomic E-state index is 0.0339. The van der Waals surface area contributed by atoms with E-state index in [1.807, 2.05) is 31.5 Å². The molecule has 0 aliphatic carbocycles. The highest BCUT2D eigenvalue weighted by Crippen LogP contribution is 2.06. The first-order valence-corrected chi connectivity index (χ1v) is 8.53. The molecule has 0 radical (unpaired) electrons. The van der Waals surface area contributed by atoms with Crippen LogP contribution in [0.3, 0.4) is 0 Å². The van der Waals surface area contributed by atoms with Gasteiger partial charge in [-0.05, 0) is 37.5 Å². The quantitative estimate of drug-likeness (QED) is 0.632. The van der Waals surface area contributed by atoms with Gasteiger partial charge in [-0.15, -0.1) is 0 Å². The SMILES string of the molecule is Cc1cc2ncc(CCCNC(=O)CNC(=O)c3ccccc3)cn2n1. The molecular weight excluding hydrogens is 330 g/mol. The first kappa shape index (κ1) is 17.6. The van der Waals surface area contributed by atoms with E-state index in [1.54, 1.807) is 28.8 Å². The van der Waals surface area contributed by atoms with E-state index in [4.69, 9.17) is 0 Å². The van der Waals surface area contributed by atoms with Gasteiger partial charge in [-0.1, -0.05) is 18.2 Å². The van der Waals surface area contributed by atoms with E-state index in [1.165, 1.54) is 0 Å². The zero-order chi connectivity index (χ0) is 18.4. The molecule has 0 aliphatic heterocycles. The molecule has 0 saturated heterocycles. The zero-order valence-electron chi connectivity index (χ0n) is 14.6. The summed E-state index contributed by atoms with van der Waals surface area (Å²) in [5.74, 6) is -0.458. The van der Waals surface area contributed by atoms with Gasteiger partial charge < -0.3 is 10.6 Å². The molecule has 0 aliphatic rings. The molecule has 3 aromatic rings. The van der Waals surface area contributed by atoms with E-state index in [9.17, 15) is 9.59 Å². The second-order valence-corrected chi connectivity index (χ2v) is 6.05. The van der Waals surface area contributed by atoms with Gasteiger partial charge in [0.1, 0.15) is 0 Å². The number of nitrogens with zero attached hydrogens (tertiary/aromatic N) is 3. The van der Waals surface area contributed by atoms with Gasteiger partial charge in [0.05, 0.1) is 12.2 Å². The highest BCUT2D eigenvalue weighted by atomic mass is 16.2. The molecule has 0 unspecified atom stereocenters. The van der Waals surface area contributed by atoms with Crippen molar-refractivity contribution in [2.45, 2.75) is 19.8 Å². The van der Waals surface area contributed by atoms with Gasteiger partial charge in [-0.3, -0.25) is 9.59 Å². The van der Waals surface area contributed by atoms with E-state index in [0.717, 1.165) is 29.7 Å². The maximum Gasteiger partial charge on any atom is 0.251 e. The second-order valence-electron chi connectivity index (χ2n) is 6.05. The molecule has 0 saturated carbocycles. The summed E-state index contributed by atoms with van der Waals surface area (Å²) in [4.78, 5) is 28.0. The van der Waals surface area contributed by atoms with Crippen LogP contribution in [0.5, 0.6) is 0 Å². The summed E-state index contributed by atoms with van der Waals surface area (Å²) in [6.07, 6.45) is 5.36. The summed E-state index contributed by atoms with van der Waals surface area (Å²) < 4.78 is 1.77. The average molecular weight is 351 g/mol. The Hall–Kier alpha value is -3.22. The summed E-state index contributed by atoms with van der Waals surface area (Å²) in [5, 5.41) is 9.75. The Morgan fingerprint density at radius 1 is 1.15 bits per heavy atom. The third kappa shape index (κ3) is 4.66. The number of hydrogen-bond acceptors (Lipinski definition) is 4. The lowest BCUT2D eigenvalue weighted by atomic mass is 10.2. The van der Waals surface area contributed by atoms with Crippen LogP contribution in [-0.2, 0) is 11.2 Å². The van der Waals surface area contributed by atoms with Gasteiger partial charge >= 0.3 is 0 Å². The molecule has 0 spiro atoms. The Morgan fingerprint density at radius 3 is 2.77 bits per heavy atom. The number of amides is 2. The normalized spacial score (nSPS) is 10.7. The summed E-state index contributed by atoms with van der Waals surface area (Å²) in [6.45, 7) is 2.43. The number of aromatic nitrogens is 3. The number of fused-ring (bicyclic) bond motifs is 1. The average Bonchev–Trinajstić information content (AvgIpc) is 3.03. The van der Waals surface area contributed by atoms with Crippen molar-refractivity contribution in [1.82, 2.24) is 25.2 Å². The minimum atomic E-state index is -0.255. The summed E-state index contributed by atoms with van der Waals surface area (Å²) in [6, 6.07) is 10.7. The van der Waals surface area contributed by atoms with E-state index in [-0.39, 0.29) is 18.4 Å². The molecule has 2 heterocycles. The Labute approximate surface area is 151 Å². The van der Waals surface area contributed by atoms with Crippen molar-refractivity contribution in [2.24, 2.45) is 0 Å². The fourth-order valence-electron chi connectivity index (χ4n) is 2.60. The molecule has 0 bridgehead atoms. The first-order chi connectivity index (χ1) is 12.6. The van der Waals surface area contributed by atoms with Crippen LogP contribution in [0, 0.1) is 6.92 Å². The summed E-state index contributed by atoms with van der Waals surface area (Å²) >= 11 is 0. The number of carbonyl (C=O) groups is 2. The monoisotopic (exact) mass is 351 g/mol. The molecule has 2 amide bonds. The first-order valence-electron chi connectivity index (χ1n) is 8.53. The molecule has 0 fully saturated rings. The zero-order valence-corrected chi connectivity index (χ0v) is 14.6. The molecular formula is C19H21N5O2. The highest BCUT2D eigenvalue weighted by Gasteiger charge is 2.07. The van der Waals surface area contributed by atoms with Crippen LogP contribution in [0.15, 0.2) is 48.8 Å². The number of nitrogens with one attached hydrogen (secondary N) is 2. The number of benzene rings is 1. The second kappa shape index (κ2) is 8.24. The molecule has 134 valence electrons. The molecule has 0 atom stereocenters. The standard InChI is InChI=1S/C19H21N5O2/c1-14-10-17-21-11-15(13-24(17)23-14)6-5-9-20-18(25)12-22-19(26)16-7-3-2-4-8-16/h2-4,7-8,10-11,13H,5-6,9,12H2,1H3,(H,20,25)(H,22,26). The van der Waals surface area contributed by atoms with E-state index < -0.39 is 0 Å². The topological polar surface area (TPSA) is 88.4 Å². The van der Waals surface area contributed by atoms with Crippen molar-refractivity contribution in [2.75, 3.05) is 13.1 Å². The van der Waals surface area contributed by atoms with Crippen LogP contribution in [0.25, 0.3) is 5.65 Å². The summed E-state index contributed by atoms with van der Waals surface area (Å²) in [7, 11) is 0. The molecule has 26 heavy (non-hydrogen) atoms. The Morgan fingerprint density at radius 2 is 1.96 bits per heavy atom. The van der Waals surface area contributed by atoms with Gasteiger partial charge in [0, 0.05) is 30.6 Å². The van der Waals surface area contributed by atoms with E-state index in [2.05, 4.69) is 20.7 Å². The molecule has 2 aromatic heterocycles. The lowest BCUT2D eigenvalue weighted by Crippen LogP contribution is -2.37. The van der Waals surface area contributed by atoms with Crippen molar-refractivity contribution in [1.29, 1.82) is 0 Å². The Balaban J connectivity index is 1.37. The predicted octanol–water partition coefficient (Wildman–Crippen LogP) is 1.52. The van der Waals surface area contributed by atoms with E-state index in [0.29, 0.717) is 12.1 Å². The molecule has 1 aromatic carbocycles. The lowest BCUT2D eigenvalue weighted by molar-refractivity contribution is -0.120. The van der Waals surface area contributed by atoms with Crippen LogP contribution in [0.2, 0.25) is 0 Å². The van der Waals surface area contributed by atoms with Gasteiger partial charge in [-0.25, -0.2) is 9.50 Å². The highest BCUT2D eigenvalue weighted by molar-refractivity contribution is 5.96. The third-order valence-electron chi connectivity index (χ3n) is 3.90. The van der Waals surface area contributed by atoms with Crippen LogP contribution >= 0.6 is 0 Å². The maximum atomic E-state index is 11.9. The fraction of sp³-hybridized carbons (Fsp3) is 0.263. The fourth-order valence-corrected chi connectivity index (χ4v) is 2.60. The van der Waals surface area contributed by atoms with Crippen molar-refractivity contribution >= 4 is 17.5 Å². The molecule has 7 heteroatoms. The smallest absolute Gasteiger partial charge is 0.251 e. The van der Waals surface area contributed by atoms with Gasteiger partial charge in [0.15, 0.2) is 5.65 Å². The van der Waals surface area contributed by atoms with Crippen molar-refractivity contribution in [3.05, 3.63) is 65.6 Å². The molecule has 2 N–H and O–H groups in total. The summed E-state index contributed by atoms with van der Waals surface area (Å²) in [5.41, 5.74) is 3.36. The number of rotatable bonds is 7. The van der Waals surface area contributed by atoms with Crippen LogP contribution in [0.4, 0.5) is 0 Å². The Kier molecular flexibility index (Phi) is 5.58. The van der Waals surface area contributed by atoms with Gasteiger partial charge in [0.2, 0.25) is 5.91 Å². The van der Waals surface area contributed by atoms with Gasteiger partial charge in [0.25, 0.3) is 5.91 Å². The number of carbonyl (C=O) groups excluding carboxylic acids is 2. The van der Waals surface area contributed by atoms with Gasteiger partial charge in [-0.2, -0.15) is 5.10 Å². The Bertz CT molecular complexity index is 905. The van der Waals surface area contributed by atoms with Crippen LogP contribution in [0.1, 0.15) is 28.0 Å². The lowest BCUT2D eigenvalue weighted by Gasteiger charge is -2.07. The van der Waals surface area contributed by atoms with Crippen LogP contribution in [-0.4, -0.2) is 39.5 Å². The van der Waals surface area contributed by atoms with Crippen LogP contribution < -0.4 is 10.6 Å². The van der Waals surface area contributed by atoms with Crippen molar-refractivity contribution in [3.8, 4) is 0 Å². The molecule has 3 rings (SSSR count). The van der Waals surface area contributed by atoms with Crippen molar-refractivity contribution in [3.63, 3.8) is 0 Å². The minimum Gasteiger partial charge on any atom is -0.355 e. The third-order valence-corrected chi connectivity index (χ3v) is 3.90. The maximum absolute atomic E-state index is 11.9.